The summed E-state index contributed by atoms with van der Waals surface area (Å²) >= 11 is 0. The molecule has 0 bridgehead atoms. The molecular weight excluding hydrogens is 1240 g/mol. The monoisotopic (exact) mass is 1360 g/mol. The molecule has 0 N–H and O–H groups in total. The van der Waals surface area contributed by atoms with Crippen LogP contribution in [-0.2, 0) is 44.3 Å². The van der Waals surface area contributed by atoms with Gasteiger partial charge in [-0.2, -0.15) is 36.5 Å². The van der Waals surface area contributed by atoms with E-state index in [1.165, 1.54) is 121 Å². The SMILES string of the molecule is CC(C)(C)[n+]1ccc(-c2ccccc2)c2ccc3c(-c4ccccc4)cc[n+](C(C)(C)C)c3c21.CC(C)(C)[n+]1cccc2ccc3ccc[n+](C(C)(C)C)c3c21.CC(C)(C)[n+]1ccccc1-c1cccc[n+]1C(C)(C)C.Cc1c[n+](C(C)(C)C)c2c(ccc3c(C)c(C)c[n+](C(C)(C)C)c32)c1C. The van der Waals surface area contributed by atoms with Crippen molar-refractivity contribution in [1.82, 2.24) is 0 Å². The van der Waals surface area contributed by atoms with Gasteiger partial charge >= 0.3 is 0 Å². The standard InChI is InChI=1S/C32H34N2.C24H34N2.C20H26N2.C18H26N2/c1-31(2,3)33-21-19-25(23-13-9-7-10-14-23)27-17-18-28-26(24-15-11-8-12-16-24)20-22-34(32(4,5)6)30(28)29(27)33;1-15-13-25(23(5,6)7)21-19(17(15)3)11-12-20-18(4)16(2)14-26(22(20)21)24(8,9)10;1-19(2,3)21-13-7-9-15-11-12-16-10-8-14-22(20(4,5)6)18(16)17(15)21;1-17(2,3)19-13-9-7-11-15(19)16-12-8-10-14-20(16)18(4,5)6/h7-22H,1-6H3;11-14H,1-10H3;7-14H,1-6H3;7-14H,1-6H3/q4*+2. The molecule has 0 amide bonds. The Kier molecular flexibility index (Phi) is 20.7. The van der Waals surface area contributed by atoms with Crippen molar-refractivity contribution in [2.24, 2.45) is 0 Å². The number of nitrogens with zero attached hydrogens (tertiary/aromatic N) is 8. The molecule has 0 aliphatic rings. The normalized spacial score (nSPS) is 12.7. The highest BCUT2D eigenvalue weighted by Crippen LogP contribution is 2.37. The third kappa shape index (κ3) is 15.5. The smallest absolute Gasteiger partial charge is 0.189 e. The molecule has 0 radical (unpaired) electrons. The minimum atomic E-state index is -0.0692. The van der Waals surface area contributed by atoms with E-state index in [1.807, 2.05) is 0 Å². The maximum atomic E-state index is 2.48. The zero-order valence-corrected chi connectivity index (χ0v) is 67.4. The average Bonchev–Trinajstić information content (AvgIpc) is 0.713. The van der Waals surface area contributed by atoms with E-state index < -0.39 is 0 Å². The van der Waals surface area contributed by atoms with E-state index in [-0.39, 0.29) is 44.3 Å². The first-order valence-electron chi connectivity index (χ1n) is 37.0. The predicted octanol–water partition coefficient (Wildman–Crippen LogP) is 20.2. The number of hydrogen-bond donors (Lipinski definition) is 0. The van der Waals surface area contributed by atoms with Gasteiger partial charge < -0.3 is 0 Å². The van der Waals surface area contributed by atoms with Crippen LogP contribution in [0.25, 0.3) is 99.1 Å². The maximum absolute atomic E-state index is 2.48. The van der Waals surface area contributed by atoms with Crippen LogP contribution in [0.15, 0.2) is 219 Å². The molecule has 0 saturated carbocycles. The molecule has 102 heavy (non-hydrogen) atoms. The lowest BCUT2D eigenvalue weighted by Crippen LogP contribution is -2.56. The Hall–Kier alpha value is -9.14. The van der Waals surface area contributed by atoms with Gasteiger partial charge in [0.2, 0.25) is 0 Å². The third-order valence-electron chi connectivity index (χ3n) is 19.9. The molecule has 0 fully saturated rings. The Bertz CT molecular complexity index is 4930. The maximum Gasteiger partial charge on any atom is 0.286 e. The average molecular weight is 1360 g/mol. The van der Waals surface area contributed by atoms with Crippen LogP contribution in [0, 0.1) is 27.7 Å². The summed E-state index contributed by atoms with van der Waals surface area (Å²) < 4.78 is 19.3. The number of aryl methyl sites for hydroxylation is 4. The first-order valence-corrected chi connectivity index (χ1v) is 37.0. The zero-order chi connectivity index (χ0) is 74.8. The largest absolute Gasteiger partial charge is 0.286 e. The summed E-state index contributed by atoms with van der Waals surface area (Å²) in [6.45, 7) is 63.4. The minimum absolute atomic E-state index is 0.0134. The lowest BCUT2D eigenvalue weighted by Gasteiger charge is -2.21. The molecule has 0 spiro atoms. The molecule has 0 saturated heterocycles. The van der Waals surface area contributed by atoms with Crippen LogP contribution in [0.3, 0.4) is 0 Å². The van der Waals surface area contributed by atoms with Crippen LogP contribution >= 0.6 is 0 Å². The number of pyridine rings is 8. The van der Waals surface area contributed by atoms with Crippen molar-refractivity contribution in [3.05, 3.63) is 242 Å². The highest BCUT2D eigenvalue weighted by Gasteiger charge is 2.40. The molecule has 8 heteroatoms. The number of rotatable bonds is 3. The number of benzene rings is 5. The van der Waals surface area contributed by atoms with Crippen LogP contribution in [0.5, 0.6) is 0 Å². The van der Waals surface area contributed by atoms with Crippen LogP contribution in [0.2, 0.25) is 0 Å². The second-order valence-electron chi connectivity index (χ2n) is 36.2. The van der Waals surface area contributed by atoms with Gasteiger partial charge in [-0.05, 0) is 111 Å². The number of hydrogen-bond acceptors (Lipinski definition) is 0. The number of aromatic nitrogens is 8. The summed E-state index contributed by atoms with van der Waals surface area (Å²) in [4.78, 5) is 0. The van der Waals surface area contributed by atoms with Gasteiger partial charge in [0.25, 0.3) is 44.5 Å². The molecule has 528 valence electrons. The van der Waals surface area contributed by atoms with Crippen molar-refractivity contribution in [3.8, 4) is 33.6 Å². The fourth-order valence-electron chi connectivity index (χ4n) is 14.4. The van der Waals surface area contributed by atoms with Crippen molar-refractivity contribution in [2.45, 2.75) is 238 Å². The molecule has 0 atom stereocenters. The third-order valence-corrected chi connectivity index (χ3v) is 19.9. The van der Waals surface area contributed by atoms with Crippen molar-refractivity contribution in [2.75, 3.05) is 0 Å². The predicted molar refractivity (Wildman–Crippen MR) is 428 cm³/mol. The fourth-order valence-corrected chi connectivity index (χ4v) is 14.4. The Balaban J connectivity index is 0.000000150. The molecule has 0 aliphatic carbocycles. The van der Waals surface area contributed by atoms with Gasteiger partial charge in [-0.15, -0.1) is 0 Å². The highest BCUT2D eigenvalue weighted by atomic mass is 15.1. The Morgan fingerprint density at radius 1 is 0.206 bits per heavy atom. The van der Waals surface area contributed by atoms with Gasteiger partial charge in [-0.1, -0.05) is 60.7 Å². The van der Waals surface area contributed by atoms with E-state index in [9.17, 15) is 0 Å². The van der Waals surface area contributed by atoms with Gasteiger partial charge in [0.15, 0.2) is 93.9 Å². The Morgan fingerprint density at radius 2 is 0.471 bits per heavy atom. The van der Waals surface area contributed by atoms with Crippen molar-refractivity contribution in [3.63, 3.8) is 0 Å². The molecule has 5 aromatic carbocycles. The van der Waals surface area contributed by atoms with E-state index in [1.54, 1.807) is 0 Å². The fraction of sp³-hybridized carbons (Fsp3) is 0.383. The molecule has 8 nitrogen and oxygen atoms in total. The van der Waals surface area contributed by atoms with Crippen molar-refractivity contribution < 1.29 is 36.5 Å². The van der Waals surface area contributed by atoms with E-state index in [0.717, 1.165) is 0 Å². The number of fused-ring (bicyclic) bond motifs is 9. The second kappa shape index (κ2) is 27.9. The Morgan fingerprint density at radius 3 is 0.775 bits per heavy atom. The molecule has 13 rings (SSSR count). The topological polar surface area (TPSA) is 31.0 Å². The lowest BCUT2D eigenvalue weighted by molar-refractivity contribution is -0.770. The first-order chi connectivity index (χ1) is 47.4. The molecule has 13 aromatic rings. The van der Waals surface area contributed by atoms with Crippen molar-refractivity contribution in [1.29, 1.82) is 0 Å². The molecule has 8 aromatic heterocycles. The summed E-state index contributed by atoms with van der Waals surface area (Å²) in [6.07, 6.45) is 17.9. The van der Waals surface area contributed by atoms with Crippen molar-refractivity contribution >= 4 is 65.4 Å². The van der Waals surface area contributed by atoms with E-state index in [4.69, 9.17) is 0 Å². The Labute approximate surface area is 611 Å². The van der Waals surface area contributed by atoms with Crippen LogP contribution in [0.1, 0.15) is 188 Å². The van der Waals surface area contributed by atoms with Gasteiger partial charge in [0, 0.05) is 237 Å². The van der Waals surface area contributed by atoms with Gasteiger partial charge in [0.1, 0.15) is 0 Å². The van der Waals surface area contributed by atoms with Gasteiger partial charge in [-0.3, -0.25) is 0 Å². The summed E-state index contributed by atoms with van der Waals surface area (Å²) in [7, 11) is 0. The van der Waals surface area contributed by atoms with Gasteiger partial charge in [0.05, 0.1) is 32.3 Å². The van der Waals surface area contributed by atoms with Crippen LogP contribution in [0.4, 0.5) is 0 Å². The summed E-state index contributed by atoms with van der Waals surface area (Å²) in [5.41, 5.74) is 20.9. The summed E-state index contributed by atoms with van der Waals surface area (Å²) in [5.74, 6) is 0. The lowest BCUT2D eigenvalue weighted by atomic mass is 9.93. The summed E-state index contributed by atoms with van der Waals surface area (Å²) in [6, 6.07) is 61.3. The van der Waals surface area contributed by atoms with E-state index in [2.05, 4.69) is 450 Å². The quantitative estimate of drug-likeness (QED) is 0.125. The van der Waals surface area contributed by atoms with Crippen LogP contribution in [-0.4, -0.2) is 0 Å². The molecule has 8 heterocycles. The first kappa shape index (κ1) is 75.5. The molecule has 0 aliphatic heterocycles. The zero-order valence-electron chi connectivity index (χ0n) is 67.4. The highest BCUT2D eigenvalue weighted by molar-refractivity contribution is 6.09. The minimum Gasteiger partial charge on any atom is -0.189 e. The second-order valence-corrected chi connectivity index (χ2v) is 36.2. The molecule has 0 unspecified atom stereocenters. The van der Waals surface area contributed by atoms with E-state index >= 15 is 0 Å². The van der Waals surface area contributed by atoms with Gasteiger partial charge in [-0.25, -0.2) is 0 Å². The molecular formula is C94H120N8+8. The van der Waals surface area contributed by atoms with Crippen LogP contribution < -0.4 is 36.5 Å². The summed E-state index contributed by atoms with van der Waals surface area (Å²) in [5, 5.41) is 7.84. The van der Waals surface area contributed by atoms with E-state index in [0.29, 0.717) is 0 Å².